The zero-order chi connectivity index (χ0) is 44.8. The largest absolute Gasteiger partial charge is 0.487 e. The Balaban J connectivity index is 1.64. The van der Waals surface area contributed by atoms with Crippen molar-refractivity contribution < 1.29 is 48.1 Å². The van der Waals surface area contributed by atoms with Crippen LogP contribution >= 0.6 is 0 Å². The topological polar surface area (TPSA) is 182 Å². The molecule has 0 spiro atoms. The first-order valence-corrected chi connectivity index (χ1v) is 22.1. The van der Waals surface area contributed by atoms with Gasteiger partial charge in [-0.3, -0.25) is 9.97 Å². The molecule has 0 atom stereocenters. The second-order valence-electron chi connectivity index (χ2n) is 15.0. The van der Waals surface area contributed by atoms with Gasteiger partial charge in [0.05, 0.1) is 118 Å². The highest BCUT2D eigenvalue weighted by Crippen LogP contribution is 2.37. The molecule has 5 rings (SSSR count). The summed E-state index contributed by atoms with van der Waals surface area (Å²) in [5.41, 5.74) is 12.7. The van der Waals surface area contributed by atoms with Gasteiger partial charge in [0.15, 0.2) is 11.5 Å². The van der Waals surface area contributed by atoms with Gasteiger partial charge in [-0.1, -0.05) is 13.8 Å². The number of aliphatic hydroxyl groups excluding tert-OH is 2. The van der Waals surface area contributed by atoms with Crippen molar-refractivity contribution in [1.29, 1.82) is 0 Å². The predicted molar refractivity (Wildman–Crippen MR) is 245 cm³/mol. The van der Waals surface area contributed by atoms with Crippen molar-refractivity contribution in [3.8, 4) is 11.5 Å². The zero-order valence-corrected chi connectivity index (χ0v) is 38.1. The lowest BCUT2D eigenvalue weighted by atomic mass is 9.99. The molecule has 0 fully saturated rings. The monoisotopic (exact) mass is 873 g/mol. The Morgan fingerprint density at radius 2 is 0.952 bits per heavy atom. The van der Waals surface area contributed by atoms with E-state index in [2.05, 4.69) is 31.8 Å². The van der Waals surface area contributed by atoms with Crippen LogP contribution in [0.3, 0.4) is 0 Å². The summed E-state index contributed by atoms with van der Waals surface area (Å²) in [5.74, 6) is 0.957. The normalized spacial score (nSPS) is 12.7. The van der Waals surface area contributed by atoms with Crippen LogP contribution in [0.1, 0.15) is 87.3 Å². The molecule has 344 valence electrons. The third-order valence-electron chi connectivity index (χ3n) is 10.8. The van der Waals surface area contributed by atoms with Crippen LogP contribution in [0.4, 0.5) is 0 Å². The number of fused-ring (bicyclic) bond motifs is 7. The Bertz CT molecular complexity index is 2190. The lowest BCUT2D eigenvalue weighted by Gasteiger charge is -2.14. The first kappa shape index (κ1) is 49.4. The Morgan fingerprint density at radius 3 is 1.46 bits per heavy atom. The van der Waals surface area contributed by atoms with E-state index in [0.717, 1.165) is 63.2 Å². The number of aliphatic hydroxyl groups is 2. The Hall–Kier alpha value is -4.58. The first-order valence-electron chi connectivity index (χ1n) is 22.1. The summed E-state index contributed by atoms with van der Waals surface area (Å²) in [6.45, 7) is 13.6. The molecule has 1 aromatic carbocycles. The van der Waals surface area contributed by atoms with Crippen molar-refractivity contribution in [2.75, 3.05) is 107 Å². The molecule has 0 unspecified atom stereocenters. The third kappa shape index (κ3) is 14.2. The van der Waals surface area contributed by atoms with Gasteiger partial charge in [0.2, 0.25) is 0 Å². The van der Waals surface area contributed by atoms with Crippen molar-refractivity contribution in [1.82, 2.24) is 24.9 Å². The van der Waals surface area contributed by atoms with Gasteiger partial charge in [-0.25, -0.2) is 9.97 Å². The number of nitrogens with one attached hydrogen (secondary N) is 1. The molecule has 15 heteroatoms. The summed E-state index contributed by atoms with van der Waals surface area (Å²) in [6.07, 6.45) is 7.76. The molecule has 2 aliphatic rings. The zero-order valence-electron chi connectivity index (χ0n) is 38.1. The van der Waals surface area contributed by atoms with Crippen molar-refractivity contribution in [3.05, 3.63) is 70.6 Å². The van der Waals surface area contributed by atoms with Crippen molar-refractivity contribution in [2.24, 2.45) is 0 Å². The number of methoxy groups -OCH3 is 2. The smallest absolute Gasteiger partial charge is 0.163 e. The van der Waals surface area contributed by atoms with Crippen LogP contribution in [0.5, 0.6) is 11.5 Å². The van der Waals surface area contributed by atoms with Crippen LogP contribution in [0.15, 0.2) is 36.7 Å². The lowest BCUT2D eigenvalue weighted by Crippen LogP contribution is -2.14. The Kier molecular flexibility index (Phi) is 21.1. The van der Waals surface area contributed by atoms with Gasteiger partial charge in [-0.05, 0) is 97.9 Å². The average Bonchev–Trinajstić information content (AvgIpc) is 3.89. The highest BCUT2D eigenvalue weighted by molar-refractivity contribution is 5.95. The van der Waals surface area contributed by atoms with Gasteiger partial charge < -0.3 is 53.1 Å². The summed E-state index contributed by atoms with van der Waals surface area (Å²) in [7, 11) is 3.28. The minimum atomic E-state index is 0.0599. The van der Waals surface area contributed by atoms with E-state index in [4.69, 9.17) is 57.8 Å². The number of nitrogens with zero attached hydrogens (tertiary/aromatic N) is 4. The lowest BCUT2D eigenvalue weighted by molar-refractivity contribution is 0.0160. The summed E-state index contributed by atoms with van der Waals surface area (Å²) < 4.78 is 45.3. The van der Waals surface area contributed by atoms with Gasteiger partial charge >= 0.3 is 0 Å². The minimum absolute atomic E-state index is 0.0599. The number of allylic oxidation sites excluding steroid dienone is 4. The summed E-state index contributed by atoms with van der Waals surface area (Å²) in [4.78, 5) is 24.1. The number of ether oxygens (including phenoxy) is 8. The van der Waals surface area contributed by atoms with E-state index in [1.807, 2.05) is 31.3 Å². The molecular formula is C48H67N5O10. The number of aryl methyl sites for hydroxylation is 2. The van der Waals surface area contributed by atoms with Crippen LogP contribution in [0.25, 0.3) is 44.4 Å². The number of rotatable bonds is 28. The van der Waals surface area contributed by atoms with Gasteiger partial charge in [-0.2, -0.15) is 0 Å². The van der Waals surface area contributed by atoms with E-state index in [1.54, 1.807) is 20.4 Å². The summed E-state index contributed by atoms with van der Waals surface area (Å²) in [6, 6.07) is 7.85. The van der Waals surface area contributed by atoms with E-state index in [-0.39, 0.29) is 26.4 Å². The molecule has 0 saturated carbocycles. The molecule has 4 heterocycles. The van der Waals surface area contributed by atoms with Crippen molar-refractivity contribution in [3.63, 3.8) is 0 Å². The van der Waals surface area contributed by atoms with Gasteiger partial charge in [0.25, 0.3) is 0 Å². The highest BCUT2D eigenvalue weighted by Gasteiger charge is 2.21. The van der Waals surface area contributed by atoms with Crippen molar-refractivity contribution in [2.45, 2.75) is 66.2 Å². The molecule has 0 radical (unpaired) electrons. The predicted octanol–water partition coefficient (Wildman–Crippen LogP) is 6.99. The Labute approximate surface area is 371 Å². The minimum Gasteiger partial charge on any atom is -0.487 e. The van der Waals surface area contributed by atoms with Crippen LogP contribution in [-0.4, -0.2) is 142 Å². The molecule has 63 heavy (non-hydrogen) atoms. The third-order valence-corrected chi connectivity index (χ3v) is 10.8. The highest BCUT2D eigenvalue weighted by atomic mass is 16.6. The molecule has 2 aliphatic heterocycles. The maximum Gasteiger partial charge on any atom is 0.163 e. The van der Waals surface area contributed by atoms with Gasteiger partial charge in [0, 0.05) is 45.1 Å². The molecule has 0 saturated heterocycles. The van der Waals surface area contributed by atoms with E-state index in [1.165, 1.54) is 11.1 Å². The van der Waals surface area contributed by atoms with E-state index >= 15 is 0 Å². The first-order chi connectivity index (χ1) is 30.9. The van der Waals surface area contributed by atoms with Crippen LogP contribution in [0, 0.1) is 0 Å². The molecule has 2 aromatic heterocycles. The standard InChI is InChI=1S/C48H67N5O10/c1-7-35-36(8-2)46-32-50-44-30-48(63-26-24-61-22-20-59-18-16-57-6)47(62-25-23-60-21-19-58-17-15-56-5)29-43(44)49-31-45-34(4)38(12-10-14-55)41(52-45)27-39-33(3)37(11-9-13-54)42(51-39)28-40(35)53-46/h27-32,53-55H,7-26H2,1-6H3. The van der Waals surface area contributed by atoms with E-state index < -0.39 is 0 Å². The molecular weight excluding hydrogens is 807 g/mol. The number of aromatic nitrogens is 5. The van der Waals surface area contributed by atoms with Crippen molar-refractivity contribution >= 4 is 44.4 Å². The van der Waals surface area contributed by atoms with Gasteiger partial charge in [-0.15, -0.1) is 0 Å². The maximum atomic E-state index is 9.84. The molecule has 15 nitrogen and oxygen atoms in total. The van der Waals surface area contributed by atoms with E-state index in [0.29, 0.717) is 120 Å². The van der Waals surface area contributed by atoms with Crippen LogP contribution in [-0.2, 0) is 41.3 Å². The molecule has 0 amide bonds. The number of hydrogen-bond donors (Lipinski definition) is 3. The SMILES string of the molecule is CCc1c(CC)c2cc3nc(cc4nc(cnc5cc(OCCOCCOCCOC)c(OCCOCCOCCOC)cc5ncc1[nH]2)C(C)=C4CCCO)C(C)=C3CCCO. The number of hydrogen-bond acceptors (Lipinski definition) is 14. The molecule has 0 aliphatic carbocycles. The maximum absolute atomic E-state index is 9.84. The molecule has 3 N–H and O–H groups in total. The fourth-order valence-corrected chi connectivity index (χ4v) is 7.42. The fourth-order valence-electron chi connectivity index (χ4n) is 7.42. The van der Waals surface area contributed by atoms with E-state index in [9.17, 15) is 10.2 Å². The quantitative estimate of drug-likeness (QED) is 0.0636. The fraction of sp³-hybridized carbons (Fsp3) is 0.542. The number of H-pyrrole nitrogens is 1. The number of benzene rings is 1. The second kappa shape index (κ2) is 26.9. The Morgan fingerprint density at radius 1 is 0.508 bits per heavy atom. The van der Waals surface area contributed by atoms with Crippen LogP contribution < -0.4 is 9.47 Å². The molecule has 3 aromatic rings. The van der Waals surface area contributed by atoms with Gasteiger partial charge in [0.1, 0.15) is 13.2 Å². The van der Waals surface area contributed by atoms with Crippen LogP contribution in [0.2, 0.25) is 0 Å². The average molecular weight is 874 g/mol. The molecule has 6 bridgehead atoms. The second-order valence-corrected chi connectivity index (χ2v) is 15.0. The number of aromatic amines is 1. The summed E-state index contributed by atoms with van der Waals surface area (Å²) >= 11 is 0. The summed E-state index contributed by atoms with van der Waals surface area (Å²) in [5, 5.41) is 19.7.